The first-order valence-corrected chi connectivity index (χ1v) is 8.88. The van der Waals surface area contributed by atoms with Gasteiger partial charge in [-0.2, -0.15) is 0 Å². The molecule has 0 spiro atoms. The molecule has 0 aliphatic carbocycles. The van der Waals surface area contributed by atoms with Gasteiger partial charge in [0.25, 0.3) is 5.91 Å². The van der Waals surface area contributed by atoms with Crippen LogP contribution in [-0.2, 0) is 4.79 Å². The van der Waals surface area contributed by atoms with Crippen LogP contribution in [0, 0.1) is 19.3 Å². The summed E-state index contributed by atoms with van der Waals surface area (Å²) in [6.07, 6.45) is 7.03. The molecular formula is C21H18N2O2S. The lowest BCUT2D eigenvalue weighted by Crippen LogP contribution is -2.23. The summed E-state index contributed by atoms with van der Waals surface area (Å²) in [6, 6.07) is 15.3. The lowest BCUT2D eigenvalue weighted by Gasteiger charge is -2.07. The van der Waals surface area contributed by atoms with Crippen LogP contribution in [-0.4, -0.2) is 29.6 Å². The van der Waals surface area contributed by atoms with Gasteiger partial charge in [-0.15, -0.1) is 6.42 Å². The maximum Gasteiger partial charge on any atom is 0.266 e. The molecule has 0 bridgehead atoms. The first-order valence-electron chi connectivity index (χ1n) is 8.06. The van der Waals surface area contributed by atoms with E-state index in [1.807, 2.05) is 61.5 Å². The summed E-state index contributed by atoms with van der Waals surface area (Å²) < 4.78 is 5.35. The second kappa shape index (κ2) is 7.94. The number of ether oxygens (including phenoxy) is 1. The molecule has 3 rings (SSSR count). The van der Waals surface area contributed by atoms with Crippen LogP contribution in [0.5, 0.6) is 5.75 Å². The summed E-state index contributed by atoms with van der Waals surface area (Å²) in [5.74, 6) is 3.07. The quantitative estimate of drug-likeness (QED) is 0.603. The molecule has 2 aromatic rings. The van der Waals surface area contributed by atoms with E-state index in [9.17, 15) is 4.79 Å². The zero-order valence-electron chi connectivity index (χ0n) is 14.6. The molecule has 1 heterocycles. The molecule has 2 aromatic carbocycles. The number of hydrogen-bond acceptors (Lipinski definition) is 4. The number of rotatable bonds is 4. The van der Waals surface area contributed by atoms with Crippen LogP contribution in [0.25, 0.3) is 6.08 Å². The number of thioether (sulfide) groups is 1. The summed E-state index contributed by atoms with van der Waals surface area (Å²) in [6.45, 7) is 2.26. The van der Waals surface area contributed by atoms with Crippen LogP contribution in [0.1, 0.15) is 11.1 Å². The third-order valence-electron chi connectivity index (χ3n) is 3.76. The Kier molecular flexibility index (Phi) is 5.45. The number of terminal acetylenes is 1. The fourth-order valence-electron chi connectivity index (χ4n) is 2.32. The van der Waals surface area contributed by atoms with E-state index >= 15 is 0 Å². The number of aliphatic imine (C=N–C) groups is 1. The molecule has 0 radical (unpaired) electrons. The van der Waals surface area contributed by atoms with Crippen LogP contribution in [0.4, 0.5) is 5.69 Å². The second-order valence-corrected chi connectivity index (χ2v) is 6.78. The predicted octanol–water partition coefficient (Wildman–Crippen LogP) is 4.24. The van der Waals surface area contributed by atoms with Gasteiger partial charge in [0.2, 0.25) is 0 Å². The zero-order valence-corrected chi connectivity index (χ0v) is 15.4. The van der Waals surface area contributed by atoms with E-state index in [0.717, 1.165) is 11.3 Å². The number of hydrogen-bond donors (Lipinski definition) is 0. The van der Waals surface area contributed by atoms with Gasteiger partial charge >= 0.3 is 0 Å². The second-order valence-electron chi connectivity index (χ2n) is 5.77. The molecule has 130 valence electrons. The Balaban J connectivity index is 1.78. The summed E-state index contributed by atoms with van der Waals surface area (Å²) >= 11 is 1.37. The number of aryl methyl sites for hydroxylation is 1. The van der Waals surface area contributed by atoms with E-state index in [1.165, 1.54) is 17.3 Å². The Hall–Kier alpha value is -2.97. The van der Waals surface area contributed by atoms with Gasteiger partial charge in [-0.05, 0) is 54.6 Å². The molecule has 5 heteroatoms. The van der Waals surface area contributed by atoms with Crippen LogP contribution >= 0.6 is 11.8 Å². The normalized spacial score (nSPS) is 17.0. The molecule has 0 aromatic heterocycles. The average Bonchev–Trinajstić information content (AvgIpc) is 2.91. The highest BCUT2D eigenvalue weighted by Crippen LogP contribution is 2.33. The number of carbonyl (C=O) groups is 1. The number of nitrogens with zero attached hydrogens (tertiary/aromatic N) is 2. The summed E-state index contributed by atoms with van der Waals surface area (Å²) in [4.78, 5) is 19.3. The minimum Gasteiger partial charge on any atom is -0.481 e. The summed E-state index contributed by atoms with van der Waals surface area (Å²) in [5, 5.41) is 0.666. The SMILES string of the molecule is C#CCOc1ccc(/C=C2/SC(=Nc3ccc(C)cc3)N(C)C2=O)cc1. The van der Waals surface area contributed by atoms with Crippen LogP contribution in [0.2, 0.25) is 0 Å². The molecule has 0 atom stereocenters. The number of likely N-dealkylation sites (N-methyl/N-ethyl adjacent to an activating group) is 1. The van der Waals surface area contributed by atoms with Gasteiger partial charge in [-0.1, -0.05) is 35.7 Å². The van der Waals surface area contributed by atoms with Crippen LogP contribution in [0.15, 0.2) is 58.4 Å². The Morgan fingerprint density at radius 2 is 1.88 bits per heavy atom. The monoisotopic (exact) mass is 362 g/mol. The number of amidine groups is 1. The maximum atomic E-state index is 12.5. The van der Waals surface area contributed by atoms with Gasteiger partial charge in [0.1, 0.15) is 12.4 Å². The van der Waals surface area contributed by atoms with Gasteiger partial charge in [0.05, 0.1) is 10.6 Å². The van der Waals surface area contributed by atoms with E-state index in [0.29, 0.717) is 15.8 Å². The van der Waals surface area contributed by atoms with Crippen molar-refractivity contribution in [3.05, 3.63) is 64.6 Å². The van der Waals surface area contributed by atoms with Crippen LogP contribution < -0.4 is 4.74 Å². The van der Waals surface area contributed by atoms with Crippen molar-refractivity contribution in [3.8, 4) is 18.1 Å². The van der Waals surface area contributed by atoms with E-state index in [1.54, 1.807) is 11.9 Å². The summed E-state index contributed by atoms with van der Waals surface area (Å²) in [7, 11) is 1.74. The van der Waals surface area contributed by atoms with Gasteiger partial charge in [-0.25, -0.2) is 4.99 Å². The Bertz CT molecular complexity index is 907. The molecule has 1 aliphatic heterocycles. The van der Waals surface area contributed by atoms with Crippen molar-refractivity contribution in [2.45, 2.75) is 6.92 Å². The molecule has 4 nitrogen and oxygen atoms in total. The Labute approximate surface area is 157 Å². The molecule has 0 unspecified atom stereocenters. The first kappa shape index (κ1) is 17.8. The van der Waals surface area contributed by atoms with Gasteiger partial charge in [-0.3, -0.25) is 9.69 Å². The van der Waals surface area contributed by atoms with E-state index in [4.69, 9.17) is 11.2 Å². The molecule has 26 heavy (non-hydrogen) atoms. The fourth-order valence-corrected chi connectivity index (χ4v) is 3.30. The third kappa shape index (κ3) is 4.16. The highest BCUT2D eigenvalue weighted by Gasteiger charge is 2.30. The van der Waals surface area contributed by atoms with Crippen LogP contribution in [0.3, 0.4) is 0 Å². The molecule has 1 amide bonds. The standard InChI is InChI=1S/C21H18N2O2S/c1-4-13-25-18-11-7-16(8-12-18)14-19-20(24)23(3)21(26-19)22-17-9-5-15(2)6-10-17/h1,5-12,14H,13H2,2-3H3/b19-14+,22-21?. The minimum absolute atomic E-state index is 0.0616. The number of benzene rings is 2. The molecular weight excluding hydrogens is 344 g/mol. The fraction of sp³-hybridized carbons (Fsp3) is 0.143. The number of amides is 1. The molecule has 1 aliphatic rings. The van der Waals surface area contributed by atoms with Crippen molar-refractivity contribution in [2.75, 3.05) is 13.7 Å². The molecule has 1 fully saturated rings. The molecule has 0 N–H and O–H groups in total. The summed E-state index contributed by atoms with van der Waals surface area (Å²) in [5.41, 5.74) is 2.92. The van der Waals surface area contributed by atoms with Gasteiger partial charge in [0, 0.05) is 7.05 Å². The lowest BCUT2D eigenvalue weighted by atomic mass is 10.2. The maximum absolute atomic E-state index is 12.5. The predicted molar refractivity (Wildman–Crippen MR) is 107 cm³/mol. The third-order valence-corrected chi connectivity index (χ3v) is 4.82. The van der Waals surface area contributed by atoms with E-state index < -0.39 is 0 Å². The lowest BCUT2D eigenvalue weighted by molar-refractivity contribution is -0.121. The van der Waals surface area contributed by atoms with Crippen molar-refractivity contribution in [1.82, 2.24) is 4.90 Å². The van der Waals surface area contributed by atoms with Crippen molar-refractivity contribution < 1.29 is 9.53 Å². The Morgan fingerprint density at radius 1 is 1.19 bits per heavy atom. The van der Waals surface area contributed by atoms with Gasteiger partial charge in [0.15, 0.2) is 5.17 Å². The van der Waals surface area contributed by atoms with Gasteiger partial charge < -0.3 is 4.74 Å². The van der Waals surface area contributed by atoms with E-state index in [2.05, 4.69) is 10.9 Å². The van der Waals surface area contributed by atoms with Crippen molar-refractivity contribution in [2.24, 2.45) is 4.99 Å². The highest BCUT2D eigenvalue weighted by atomic mass is 32.2. The van der Waals surface area contributed by atoms with E-state index in [-0.39, 0.29) is 12.5 Å². The van der Waals surface area contributed by atoms with Crippen molar-refractivity contribution in [1.29, 1.82) is 0 Å². The minimum atomic E-state index is -0.0616. The molecule has 0 saturated carbocycles. The average molecular weight is 362 g/mol. The molecule has 1 saturated heterocycles. The number of carbonyl (C=O) groups excluding carboxylic acids is 1. The largest absolute Gasteiger partial charge is 0.481 e. The zero-order chi connectivity index (χ0) is 18.5. The smallest absolute Gasteiger partial charge is 0.266 e. The van der Waals surface area contributed by atoms with Crippen molar-refractivity contribution >= 4 is 34.6 Å². The topological polar surface area (TPSA) is 41.9 Å². The van der Waals surface area contributed by atoms with Crippen molar-refractivity contribution in [3.63, 3.8) is 0 Å². The first-order chi connectivity index (χ1) is 12.6. The highest BCUT2D eigenvalue weighted by molar-refractivity contribution is 8.18. The Morgan fingerprint density at radius 3 is 2.54 bits per heavy atom.